The quantitative estimate of drug-likeness (QED) is 0.705. The van der Waals surface area contributed by atoms with E-state index < -0.39 is 5.60 Å². The highest BCUT2D eigenvalue weighted by molar-refractivity contribution is 7.98. The van der Waals surface area contributed by atoms with Crippen molar-refractivity contribution < 1.29 is 9.90 Å². The molecule has 0 fully saturated rings. The summed E-state index contributed by atoms with van der Waals surface area (Å²) < 4.78 is 0. The second-order valence-corrected chi connectivity index (χ2v) is 6.15. The minimum Gasteiger partial charge on any atom is -0.387 e. The lowest BCUT2D eigenvalue weighted by Crippen LogP contribution is -2.45. The molecule has 0 saturated carbocycles. The molecule has 2 atom stereocenters. The number of hydrogen-bond donors (Lipinski definition) is 2. The summed E-state index contributed by atoms with van der Waals surface area (Å²) in [5.41, 5.74) is -0.817. The normalized spacial score (nSPS) is 16.6. The van der Waals surface area contributed by atoms with Crippen LogP contribution >= 0.6 is 11.8 Å². The third-order valence-corrected chi connectivity index (χ3v) is 3.75. The Balaban J connectivity index is 4.22. The third kappa shape index (κ3) is 6.94. The highest BCUT2D eigenvalue weighted by Crippen LogP contribution is 2.17. The molecule has 0 saturated heterocycles. The Labute approximate surface area is 110 Å². The Morgan fingerprint density at radius 3 is 2.47 bits per heavy atom. The third-order valence-electron chi connectivity index (χ3n) is 2.84. The van der Waals surface area contributed by atoms with Gasteiger partial charge in [0.05, 0.1) is 5.60 Å². The minimum atomic E-state index is -0.817. The fourth-order valence-corrected chi connectivity index (χ4v) is 2.57. The summed E-state index contributed by atoms with van der Waals surface area (Å²) in [5.74, 6) is 1.11. The Bertz CT molecular complexity index is 229. The first-order chi connectivity index (χ1) is 7.84. The monoisotopic (exact) mass is 261 g/mol. The molecular weight excluding hydrogens is 234 g/mol. The van der Waals surface area contributed by atoms with Gasteiger partial charge in [-0.3, -0.25) is 4.79 Å². The fourth-order valence-electron chi connectivity index (χ4n) is 1.85. The molecule has 0 aliphatic carbocycles. The van der Waals surface area contributed by atoms with Crippen molar-refractivity contribution in [2.75, 3.05) is 18.6 Å². The van der Waals surface area contributed by atoms with Crippen LogP contribution in [0, 0.1) is 11.8 Å². The summed E-state index contributed by atoms with van der Waals surface area (Å²) in [6.45, 7) is 8.32. The van der Waals surface area contributed by atoms with Gasteiger partial charge in [-0.15, -0.1) is 0 Å². The number of aliphatic hydroxyl groups is 1. The molecule has 0 aromatic rings. The summed E-state index contributed by atoms with van der Waals surface area (Å²) in [4.78, 5) is 12.0. The van der Waals surface area contributed by atoms with Gasteiger partial charge >= 0.3 is 0 Å². The van der Waals surface area contributed by atoms with Gasteiger partial charge in [0.25, 0.3) is 0 Å². The standard InChI is InChI=1S/C13H27NO2S/c1-6-7-11(10(2)3)12(15)14-8-13(4,16)9-17-5/h10-11,16H,6-9H2,1-5H3,(H,14,15). The zero-order chi connectivity index (χ0) is 13.5. The number of rotatable bonds is 8. The molecule has 0 aliphatic heterocycles. The SMILES string of the molecule is CCCC(C(=O)NCC(C)(O)CSC)C(C)C. The summed E-state index contributed by atoms with van der Waals surface area (Å²) in [7, 11) is 0. The predicted molar refractivity (Wildman–Crippen MR) is 75.3 cm³/mol. The first kappa shape index (κ1) is 16.8. The highest BCUT2D eigenvalue weighted by Gasteiger charge is 2.25. The van der Waals surface area contributed by atoms with Gasteiger partial charge in [0.15, 0.2) is 0 Å². The van der Waals surface area contributed by atoms with Crippen LogP contribution in [0.1, 0.15) is 40.5 Å². The van der Waals surface area contributed by atoms with Gasteiger partial charge < -0.3 is 10.4 Å². The number of nitrogens with one attached hydrogen (secondary N) is 1. The molecule has 4 heteroatoms. The Kier molecular flexibility index (Phi) is 7.88. The Hall–Kier alpha value is -0.220. The van der Waals surface area contributed by atoms with Gasteiger partial charge in [-0.2, -0.15) is 11.8 Å². The van der Waals surface area contributed by atoms with Crippen molar-refractivity contribution in [3.05, 3.63) is 0 Å². The van der Waals surface area contributed by atoms with Crippen LogP contribution in [0.2, 0.25) is 0 Å². The average molecular weight is 261 g/mol. The Morgan fingerprint density at radius 1 is 1.47 bits per heavy atom. The lowest BCUT2D eigenvalue weighted by atomic mass is 9.90. The fraction of sp³-hybridized carbons (Fsp3) is 0.923. The maximum atomic E-state index is 12.0. The number of thioether (sulfide) groups is 1. The summed E-state index contributed by atoms with van der Waals surface area (Å²) in [6.07, 6.45) is 3.87. The van der Waals surface area contributed by atoms with E-state index in [-0.39, 0.29) is 11.8 Å². The highest BCUT2D eigenvalue weighted by atomic mass is 32.2. The molecule has 3 nitrogen and oxygen atoms in total. The molecule has 0 radical (unpaired) electrons. The minimum absolute atomic E-state index is 0.0603. The predicted octanol–water partition coefficient (Wildman–Crippen LogP) is 2.29. The molecule has 0 aliphatic rings. The lowest BCUT2D eigenvalue weighted by Gasteiger charge is -2.25. The van der Waals surface area contributed by atoms with E-state index in [9.17, 15) is 9.90 Å². The molecule has 0 aromatic heterocycles. The number of carbonyl (C=O) groups is 1. The maximum absolute atomic E-state index is 12.0. The molecule has 0 heterocycles. The van der Waals surface area contributed by atoms with Crippen molar-refractivity contribution in [2.24, 2.45) is 11.8 Å². The molecule has 2 unspecified atom stereocenters. The van der Waals surface area contributed by atoms with Gasteiger partial charge in [0, 0.05) is 18.2 Å². The average Bonchev–Trinajstić information content (AvgIpc) is 2.22. The van der Waals surface area contributed by atoms with E-state index in [1.54, 1.807) is 18.7 Å². The van der Waals surface area contributed by atoms with E-state index >= 15 is 0 Å². The van der Waals surface area contributed by atoms with Crippen LogP contribution in [0.25, 0.3) is 0 Å². The molecule has 1 amide bonds. The first-order valence-corrected chi connectivity index (χ1v) is 7.72. The summed E-state index contributed by atoms with van der Waals surface area (Å²) in [5, 5.41) is 12.8. The van der Waals surface area contributed by atoms with E-state index in [2.05, 4.69) is 26.1 Å². The van der Waals surface area contributed by atoms with Crippen molar-refractivity contribution >= 4 is 17.7 Å². The summed E-state index contributed by atoms with van der Waals surface area (Å²) in [6, 6.07) is 0. The first-order valence-electron chi connectivity index (χ1n) is 6.33. The topological polar surface area (TPSA) is 49.3 Å². The zero-order valence-electron chi connectivity index (χ0n) is 11.7. The lowest BCUT2D eigenvalue weighted by molar-refractivity contribution is -0.127. The van der Waals surface area contributed by atoms with Crippen molar-refractivity contribution in [2.45, 2.75) is 46.1 Å². The van der Waals surface area contributed by atoms with Crippen LogP contribution < -0.4 is 5.32 Å². The van der Waals surface area contributed by atoms with E-state index in [1.807, 2.05) is 6.26 Å². The van der Waals surface area contributed by atoms with E-state index in [1.165, 1.54) is 0 Å². The van der Waals surface area contributed by atoms with Crippen LogP contribution in [0.5, 0.6) is 0 Å². The van der Waals surface area contributed by atoms with E-state index in [0.29, 0.717) is 18.2 Å². The van der Waals surface area contributed by atoms with E-state index in [4.69, 9.17) is 0 Å². The molecule has 0 rings (SSSR count). The summed E-state index contributed by atoms with van der Waals surface area (Å²) >= 11 is 1.58. The van der Waals surface area contributed by atoms with Gasteiger partial charge in [-0.05, 0) is 25.5 Å². The van der Waals surface area contributed by atoms with Gasteiger partial charge in [0.1, 0.15) is 0 Å². The van der Waals surface area contributed by atoms with E-state index in [0.717, 1.165) is 12.8 Å². The van der Waals surface area contributed by atoms with Crippen LogP contribution in [0.15, 0.2) is 0 Å². The van der Waals surface area contributed by atoms with Gasteiger partial charge in [0.2, 0.25) is 5.91 Å². The molecule has 102 valence electrons. The van der Waals surface area contributed by atoms with Gasteiger partial charge in [-0.25, -0.2) is 0 Å². The largest absolute Gasteiger partial charge is 0.387 e. The van der Waals surface area contributed by atoms with Crippen molar-refractivity contribution in [1.29, 1.82) is 0 Å². The zero-order valence-corrected chi connectivity index (χ0v) is 12.6. The van der Waals surface area contributed by atoms with Crippen LogP contribution in [0.3, 0.4) is 0 Å². The second-order valence-electron chi connectivity index (χ2n) is 5.29. The molecule has 0 bridgehead atoms. The number of carbonyl (C=O) groups excluding carboxylic acids is 1. The van der Waals surface area contributed by atoms with Gasteiger partial charge in [-0.1, -0.05) is 27.2 Å². The molecule has 0 spiro atoms. The molecular formula is C13H27NO2S. The van der Waals surface area contributed by atoms with Crippen molar-refractivity contribution in [3.63, 3.8) is 0 Å². The second kappa shape index (κ2) is 7.98. The van der Waals surface area contributed by atoms with Crippen molar-refractivity contribution in [1.82, 2.24) is 5.32 Å². The maximum Gasteiger partial charge on any atom is 0.223 e. The molecule has 17 heavy (non-hydrogen) atoms. The number of hydrogen-bond acceptors (Lipinski definition) is 3. The smallest absolute Gasteiger partial charge is 0.223 e. The Morgan fingerprint density at radius 2 is 2.06 bits per heavy atom. The molecule has 0 aromatic carbocycles. The van der Waals surface area contributed by atoms with Crippen LogP contribution in [0.4, 0.5) is 0 Å². The van der Waals surface area contributed by atoms with Crippen LogP contribution in [-0.2, 0) is 4.79 Å². The molecule has 2 N–H and O–H groups in total. The van der Waals surface area contributed by atoms with Crippen LogP contribution in [-0.4, -0.2) is 35.2 Å². The van der Waals surface area contributed by atoms with Crippen molar-refractivity contribution in [3.8, 4) is 0 Å². The number of amides is 1.